The van der Waals surface area contributed by atoms with Crippen molar-refractivity contribution < 1.29 is 31.1 Å². The lowest BCUT2D eigenvalue weighted by Crippen LogP contribution is -3.00. The van der Waals surface area contributed by atoms with Gasteiger partial charge in [0.2, 0.25) is 0 Å². The van der Waals surface area contributed by atoms with Gasteiger partial charge in [-0.15, -0.1) is 0 Å². The number of methoxy groups -OCH3 is 1. The van der Waals surface area contributed by atoms with E-state index in [0.717, 1.165) is 13.0 Å². The highest BCUT2D eigenvalue weighted by molar-refractivity contribution is 5.88. The van der Waals surface area contributed by atoms with Gasteiger partial charge in [-0.2, -0.15) is 0 Å². The first-order chi connectivity index (χ1) is 8.79. The zero-order valence-corrected chi connectivity index (χ0v) is 12.3. The zero-order chi connectivity index (χ0) is 12.8. The number of pyridine rings is 1. The van der Waals surface area contributed by atoms with Gasteiger partial charge in [0, 0.05) is 12.5 Å². The van der Waals surface area contributed by atoms with E-state index in [0.29, 0.717) is 5.56 Å². The van der Waals surface area contributed by atoms with Crippen molar-refractivity contribution in [3.63, 3.8) is 0 Å². The summed E-state index contributed by atoms with van der Waals surface area (Å²) in [6.07, 6.45) is 4.71. The molecule has 100 valence electrons. The van der Waals surface area contributed by atoms with Gasteiger partial charge in [0.25, 0.3) is 0 Å². The van der Waals surface area contributed by atoms with Gasteiger partial charge in [-0.3, -0.25) is 0 Å². The maximum absolute atomic E-state index is 11.4. The Labute approximate surface area is 123 Å². The van der Waals surface area contributed by atoms with E-state index in [9.17, 15) is 4.79 Å². The summed E-state index contributed by atoms with van der Waals surface area (Å²) in [6, 6.07) is 13.9. The predicted octanol–water partition coefficient (Wildman–Crippen LogP) is -0.993. The minimum Gasteiger partial charge on any atom is -1.00 e. The summed E-state index contributed by atoms with van der Waals surface area (Å²) >= 11 is 0. The van der Waals surface area contributed by atoms with Crippen LogP contribution in [0.1, 0.15) is 15.9 Å². The number of carbonyl (C=O) groups excluding carboxylic acids is 1. The number of esters is 1. The molecule has 1 heterocycles. The van der Waals surface area contributed by atoms with Crippen LogP contribution in [0.15, 0.2) is 54.9 Å². The number of hydrogen-bond donors (Lipinski definition) is 0. The number of aromatic nitrogens is 1. The molecule has 2 rings (SSSR count). The van der Waals surface area contributed by atoms with E-state index in [2.05, 4.69) is 12.1 Å². The molecule has 19 heavy (non-hydrogen) atoms. The van der Waals surface area contributed by atoms with Crippen molar-refractivity contribution in [1.29, 1.82) is 0 Å². The molecule has 0 saturated heterocycles. The highest BCUT2D eigenvalue weighted by atomic mass is 79.9. The van der Waals surface area contributed by atoms with Crippen molar-refractivity contribution in [1.82, 2.24) is 0 Å². The molecule has 0 aliphatic carbocycles. The summed E-state index contributed by atoms with van der Waals surface area (Å²) < 4.78 is 6.70. The topological polar surface area (TPSA) is 30.2 Å². The van der Waals surface area contributed by atoms with Crippen molar-refractivity contribution in [3.05, 3.63) is 66.0 Å². The van der Waals surface area contributed by atoms with Crippen LogP contribution in [0.5, 0.6) is 0 Å². The van der Waals surface area contributed by atoms with E-state index >= 15 is 0 Å². The third-order valence-electron chi connectivity index (χ3n) is 2.78. The summed E-state index contributed by atoms with van der Waals surface area (Å²) in [6.45, 7) is 0.842. The zero-order valence-electron chi connectivity index (χ0n) is 10.8. The monoisotopic (exact) mass is 321 g/mol. The van der Waals surface area contributed by atoms with E-state index in [1.807, 2.05) is 41.2 Å². The van der Waals surface area contributed by atoms with E-state index in [1.54, 1.807) is 6.07 Å². The fourth-order valence-corrected chi connectivity index (χ4v) is 1.80. The van der Waals surface area contributed by atoms with Crippen molar-refractivity contribution in [3.8, 4) is 0 Å². The maximum atomic E-state index is 11.4. The van der Waals surface area contributed by atoms with E-state index < -0.39 is 0 Å². The van der Waals surface area contributed by atoms with Gasteiger partial charge in [0.1, 0.15) is 5.56 Å². The van der Waals surface area contributed by atoms with Crippen LogP contribution in [0.3, 0.4) is 0 Å². The molecule has 4 heteroatoms. The van der Waals surface area contributed by atoms with Crippen molar-refractivity contribution in [2.24, 2.45) is 0 Å². The van der Waals surface area contributed by atoms with E-state index in [1.165, 1.54) is 12.7 Å². The quantitative estimate of drug-likeness (QED) is 0.534. The molecule has 0 atom stereocenters. The lowest BCUT2D eigenvalue weighted by molar-refractivity contribution is -0.696. The minimum atomic E-state index is -0.302. The molecule has 0 aliphatic heterocycles. The van der Waals surface area contributed by atoms with Crippen LogP contribution >= 0.6 is 0 Å². The van der Waals surface area contributed by atoms with E-state index in [-0.39, 0.29) is 23.0 Å². The molecule has 0 fully saturated rings. The Morgan fingerprint density at radius 2 is 1.89 bits per heavy atom. The van der Waals surface area contributed by atoms with Gasteiger partial charge in [-0.1, -0.05) is 30.3 Å². The number of halogens is 1. The lowest BCUT2D eigenvalue weighted by Gasteiger charge is -2.00. The number of ether oxygens (including phenoxy) is 1. The number of benzene rings is 1. The molecule has 0 spiro atoms. The Hall–Kier alpha value is -1.68. The molecule has 0 saturated carbocycles. The fraction of sp³-hybridized carbons (Fsp3) is 0.200. The molecule has 1 aromatic carbocycles. The van der Waals surface area contributed by atoms with Gasteiger partial charge >= 0.3 is 5.97 Å². The number of rotatable bonds is 4. The van der Waals surface area contributed by atoms with Crippen LogP contribution in [-0.2, 0) is 17.7 Å². The second-order valence-electron chi connectivity index (χ2n) is 4.06. The van der Waals surface area contributed by atoms with Crippen molar-refractivity contribution in [2.45, 2.75) is 13.0 Å². The normalized spacial score (nSPS) is 9.53. The van der Waals surface area contributed by atoms with Crippen LogP contribution in [0, 0.1) is 0 Å². The molecule has 3 nitrogen and oxygen atoms in total. The number of aryl methyl sites for hydroxylation is 2. The van der Waals surface area contributed by atoms with Crippen LogP contribution < -0.4 is 21.5 Å². The standard InChI is InChI=1S/C15H16NO2.BrH/c1-18-15(17)14-8-5-10-16(12-14)11-9-13-6-3-2-4-7-13;/h2-8,10,12H,9,11H2,1H3;1H/q+1;/p-1. The van der Waals surface area contributed by atoms with Gasteiger partial charge in [0.15, 0.2) is 18.9 Å². The SMILES string of the molecule is COC(=O)c1ccc[n+](CCc2ccccc2)c1.[Br-]. The number of nitrogens with zero attached hydrogens (tertiary/aromatic N) is 1. The largest absolute Gasteiger partial charge is 1.00 e. The fourth-order valence-electron chi connectivity index (χ4n) is 1.80. The Morgan fingerprint density at radius 3 is 2.58 bits per heavy atom. The Kier molecular flexibility index (Phi) is 6.22. The molecule has 0 radical (unpaired) electrons. The van der Waals surface area contributed by atoms with Crippen LogP contribution in [0.4, 0.5) is 0 Å². The molecule has 0 aliphatic rings. The summed E-state index contributed by atoms with van der Waals surface area (Å²) in [5.41, 5.74) is 1.86. The highest BCUT2D eigenvalue weighted by Gasteiger charge is 2.10. The molecule has 0 amide bonds. The molecule has 0 N–H and O–H groups in total. The third kappa shape index (κ3) is 4.48. The van der Waals surface area contributed by atoms with Gasteiger partial charge < -0.3 is 21.7 Å². The molecular weight excluding hydrogens is 306 g/mol. The van der Waals surface area contributed by atoms with Crippen molar-refractivity contribution in [2.75, 3.05) is 7.11 Å². The van der Waals surface area contributed by atoms with Crippen molar-refractivity contribution >= 4 is 5.97 Å². The first-order valence-electron chi connectivity index (χ1n) is 5.91. The average molecular weight is 322 g/mol. The predicted molar refractivity (Wildman–Crippen MR) is 68.1 cm³/mol. The summed E-state index contributed by atoms with van der Waals surface area (Å²) in [5.74, 6) is -0.302. The maximum Gasteiger partial charge on any atom is 0.343 e. The van der Waals surface area contributed by atoms with E-state index in [4.69, 9.17) is 4.74 Å². The smallest absolute Gasteiger partial charge is 0.343 e. The van der Waals surface area contributed by atoms with Gasteiger partial charge in [0.05, 0.1) is 7.11 Å². The molecular formula is C15H16BrNO2. The highest BCUT2D eigenvalue weighted by Crippen LogP contribution is 2.00. The second kappa shape index (κ2) is 7.69. The van der Waals surface area contributed by atoms with Crippen LogP contribution in [0.2, 0.25) is 0 Å². The minimum absolute atomic E-state index is 0. The molecule has 0 unspecified atom stereocenters. The third-order valence-corrected chi connectivity index (χ3v) is 2.78. The second-order valence-corrected chi connectivity index (χ2v) is 4.06. The summed E-state index contributed by atoms with van der Waals surface area (Å²) in [4.78, 5) is 11.4. The Bertz CT molecular complexity index is 529. The number of hydrogen-bond acceptors (Lipinski definition) is 2. The van der Waals surface area contributed by atoms with Gasteiger partial charge in [-0.05, 0) is 11.6 Å². The molecule has 2 aromatic rings. The van der Waals surface area contributed by atoms with Crippen LogP contribution in [-0.4, -0.2) is 13.1 Å². The first-order valence-corrected chi connectivity index (χ1v) is 5.91. The average Bonchev–Trinajstić information content (AvgIpc) is 2.45. The Morgan fingerprint density at radius 1 is 1.16 bits per heavy atom. The first kappa shape index (κ1) is 15.4. The Balaban J connectivity index is 0.00000180. The summed E-state index contributed by atoms with van der Waals surface area (Å²) in [7, 11) is 1.39. The number of carbonyl (C=O) groups is 1. The van der Waals surface area contributed by atoms with Crippen LogP contribution in [0.25, 0.3) is 0 Å². The lowest BCUT2D eigenvalue weighted by atomic mass is 10.1. The molecule has 1 aromatic heterocycles. The molecule has 0 bridgehead atoms. The summed E-state index contributed by atoms with van der Waals surface area (Å²) in [5, 5.41) is 0. The van der Waals surface area contributed by atoms with Gasteiger partial charge in [-0.25, -0.2) is 9.36 Å².